The first-order valence-electron chi connectivity index (χ1n) is 11.0. The fourth-order valence-corrected chi connectivity index (χ4v) is 4.74. The lowest BCUT2D eigenvalue weighted by atomic mass is 9.91. The van der Waals surface area contributed by atoms with E-state index in [0.29, 0.717) is 30.0 Å². The minimum atomic E-state index is -0.400. The van der Waals surface area contributed by atoms with Gasteiger partial charge >= 0.3 is 0 Å². The average molecular weight is 461 g/mol. The van der Waals surface area contributed by atoms with Crippen LogP contribution < -0.4 is 14.2 Å². The molecule has 1 unspecified atom stereocenters. The Hall–Kier alpha value is -4.00. The molecule has 34 heavy (non-hydrogen) atoms. The molecular formula is C27H25FN2O4. The van der Waals surface area contributed by atoms with Crippen LogP contribution in [-0.4, -0.2) is 43.7 Å². The summed E-state index contributed by atoms with van der Waals surface area (Å²) in [7, 11) is 4.74. The first-order valence-corrected chi connectivity index (χ1v) is 11.0. The zero-order valence-electron chi connectivity index (χ0n) is 19.2. The summed E-state index contributed by atoms with van der Waals surface area (Å²) >= 11 is 0. The van der Waals surface area contributed by atoms with Crippen LogP contribution in [-0.2, 0) is 6.42 Å². The highest BCUT2D eigenvalue weighted by atomic mass is 19.1. The van der Waals surface area contributed by atoms with Gasteiger partial charge in [-0.2, -0.15) is 0 Å². The predicted octanol–water partition coefficient (Wildman–Crippen LogP) is 5.12. The van der Waals surface area contributed by atoms with E-state index in [1.807, 2.05) is 23.1 Å². The van der Waals surface area contributed by atoms with Gasteiger partial charge in [-0.3, -0.25) is 4.79 Å². The molecule has 2 heterocycles. The predicted molar refractivity (Wildman–Crippen MR) is 127 cm³/mol. The summed E-state index contributed by atoms with van der Waals surface area (Å²) in [4.78, 5) is 19.1. The summed E-state index contributed by atoms with van der Waals surface area (Å²) in [5.41, 5.74) is 4.36. The third-order valence-corrected chi connectivity index (χ3v) is 6.41. The molecule has 0 fully saturated rings. The van der Waals surface area contributed by atoms with Gasteiger partial charge < -0.3 is 24.1 Å². The van der Waals surface area contributed by atoms with Crippen molar-refractivity contribution in [3.63, 3.8) is 0 Å². The lowest BCUT2D eigenvalue weighted by Crippen LogP contribution is -2.40. The molecular weight excluding hydrogens is 435 g/mol. The Morgan fingerprint density at radius 3 is 2.41 bits per heavy atom. The summed E-state index contributed by atoms with van der Waals surface area (Å²) in [6.45, 7) is 0.506. The van der Waals surface area contributed by atoms with E-state index in [1.165, 1.54) is 12.1 Å². The second kappa shape index (κ2) is 8.74. The van der Waals surface area contributed by atoms with E-state index < -0.39 is 6.04 Å². The number of carbonyl (C=O) groups is 1. The van der Waals surface area contributed by atoms with Crippen LogP contribution in [0.4, 0.5) is 4.39 Å². The molecule has 7 heteroatoms. The number of halogens is 1. The molecule has 0 bridgehead atoms. The van der Waals surface area contributed by atoms with Gasteiger partial charge in [0, 0.05) is 28.7 Å². The number of fused-ring (bicyclic) bond motifs is 3. The smallest absolute Gasteiger partial charge is 0.254 e. The van der Waals surface area contributed by atoms with Crippen LogP contribution in [0.2, 0.25) is 0 Å². The monoisotopic (exact) mass is 460 g/mol. The SMILES string of the molecule is COc1ccc2[nH]c3c(c2c1)CCN(C(=O)c1ccc(OC)c(OC)c1)C3c1ccc(F)cc1. The van der Waals surface area contributed by atoms with E-state index in [4.69, 9.17) is 14.2 Å². The number of nitrogens with one attached hydrogen (secondary N) is 1. The van der Waals surface area contributed by atoms with E-state index in [-0.39, 0.29) is 11.7 Å². The molecule has 174 valence electrons. The zero-order chi connectivity index (χ0) is 23.8. The second-order valence-corrected chi connectivity index (χ2v) is 8.20. The van der Waals surface area contributed by atoms with Crippen molar-refractivity contribution < 1.29 is 23.4 Å². The number of methoxy groups -OCH3 is 3. The maximum atomic E-state index is 13.8. The van der Waals surface area contributed by atoms with Crippen LogP contribution in [0.3, 0.4) is 0 Å². The molecule has 3 aromatic carbocycles. The molecule has 0 aliphatic carbocycles. The largest absolute Gasteiger partial charge is 0.497 e. The van der Waals surface area contributed by atoms with Gasteiger partial charge in [-0.05, 0) is 66.1 Å². The number of hydrogen-bond donors (Lipinski definition) is 1. The number of aromatic nitrogens is 1. The number of ether oxygens (including phenoxy) is 3. The number of benzene rings is 3. The van der Waals surface area contributed by atoms with Crippen molar-refractivity contribution in [1.82, 2.24) is 9.88 Å². The molecule has 5 rings (SSSR count). The van der Waals surface area contributed by atoms with Crippen molar-refractivity contribution in [3.8, 4) is 17.2 Å². The van der Waals surface area contributed by atoms with Crippen LogP contribution in [0.5, 0.6) is 17.2 Å². The number of rotatable bonds is 5. The fraction of sp³-hybridized carbons (Fsp3) is 0.222. The highest BCUT2D eigenvalue weighted by Crippen LogP contribution is 2.40. The zero-order valence-corrected chi connectivity index (χ0v) is 19.2. The lowest BCUT2D eigenvalue weighted by molar-refractivity contribution is 0.0691. The molecule has 0 radical (unpaired) electrons. The molecule has 6 nitrogen and oxygen atoms in total. The van der Waals surface area contributed by atoms with Crippen LogP contribution in [0.1, 0.15) is 33.2 Å². The summed E-state index contributed by atoms with van der Waals surface area (Å²) in [6.07, 6.45) is 0.680. The number of amides is 1. The number of hydrogen-bond acceptors (Lipinski definition) is 4. The summed E-state index contributed by atoms with van der Waals surface area (Å²) in [5.74, 6) is 1.36. The Labute approximate surface area is 196 Å². The molecule has 1 aliphatic heterocycles. The van der Waals surface area contributed by atoms with Gasteiger partial charge in [0.15, 0.2) is 11.5 Å². The van der Waals surface area contributed by atoms with Crippen LogP contribution in [0, 0.1) is 5.82 Å². The Kier molecular flexibility index (Phi) is 5.61. The molecule has 0 spiro atoms. The van der Waals surface area contributed by atoms with Gasteiger partial charge in [0.05, 0.1) is 27.4 Å². The highest BCUT2D eigenvalue weighted by molar-refractivity contribution is 5.96. The van der Waals surface area contributed by atoms with Gasteiger partial charge in [0.1, 0.15) is 11.6 Å². The molecule has 0 saturated heterocycles. The van der Waals surface area contributed by atoms with Crippen molar-refractivity contribution in [2.75, 3.05) is 27.9 Å². The van der Waals surface area contributed by atoms with Crippen molar-refractivity contribution in [1.29, 1.82) is 0 Å². The number of aromatic amines is 1. The average Bonchev–Trinajstić information content (AvgIpc) is 3.25. The van der Waals surface area contributed by atoms with Crippen molar-refractivity contribution >= 4 is 16.8 Å². The van der Waals surface area contributed by atoms with Gasteiger partial charge in [0.2, 0.25) is 0 Å². The molecule has 1 aliphatic rings. The molecule has 1 N–H and O–H groups in total. The molecule has 1 amide bonds. The second-order valence-electron chi connectivity index (χ2n) is 8.20. The summed E-state index contributed by atoms with van der Waals surface area (Å²) < 4.78 is 29.9. The molecule has 1 aromatic heterocycles. The third-order valence-electron chi connectivity index (χ3n) is 6.41. The Balaban J connectivity index is 1.63. The molecule has 1 atom stereocenters. The van der Waals surface area contributed by atoms with Gasteiger partial charge in [-0.1, -0.05) is 12.1 Å². The molecule has 0 saturated carbocycles. The van der Waals surface area contributed by atoms with Crippen molar-refractivity contribution in [2.45, 2.75) is 12.5 Å². The lowest BCUT2D eigenvalue weighted by Gasteiger charge is -2.36. The van der Waals surface area contributed by atoms with Gasteiger partial charge in [0.25, 0.3) is 5.91 Å². The van der Waals surface area contributed by atoms with Crippen LogP contribution in [0.15, 0.2) is 60.7 Å². The van der Waals surface area contributed by atoms with Crippen molar-refractivity contribution in [3.05, 3.63) is 88.9 Å². The highest BCUT2D eigenvalue weighted by Gasteiger charge is 2.35. The minimum absolute atomic E-state index is 0.142. The first-order chi connectivity index (χ1) is 16.5. The fourth-order valence-electron chi connectivity index (χ4n) is 4.74. The quantitative estimate of drug-likeness (QED) is 0.449. The topological polar surface area (TPSA) is 63.8 Å². The first kappa shape index (κ1) is 21.8. The Morgan fingerprint density at radius 1 is 0.941 bits per heavy atom. The maximum Gasteiger partial charge on any atom is 0.254 e. The van der Waals surface area contributed by atoms with E-state index in [1.54, 1.807) is 51.7 Å². The molecule has 4 aromatic rings. The van der Waals surface area contributed by atoms with E-state index >= 15 is 0 Å². The minimum Gasteiger partial charge on any atom is -0.497 e. The maximum absolute atomic E-state index is 13.8. The summed E-state index contributed by atoms with van der Waals surface area (Å²) in [5, 5.41) is 1.07. The Morgan fingerprint density at radius 2 is 1.71 bits per heavy atom. The van der Waals surface area contributed by atoms with Crippen LogP contribution in [0.25, 0.3) is 10.9 Å². The van der Waals surface area contributed by atoms with E-state index in [2.05, 4.69) is 4.98 Å². The standard InChI is InChI=1S/C27H25FN2O4/c1-32-19-9-10-22-21(15-19)20-12-13-30(26(25(20)29-22)16-4-7-18(28)8-5-16)27(31)17-6-11-23(33-2)24(14-17)34-3/h4-11,14-15,26,29H,12-13H2,1-3H3. The van der Waals surface area contributed by atoms with Gasteiger partial charge in [-0.15, -0.1) is 0 Å². The van der Waals surface area contributed by atoms with E-state index in [9.17, 15) is 9.18 Å². The Bertz CT molecular complexity index is 1360. The normalized spacial score (nSPS) is 15.2. The van der Waals surface area contributed by atoms with Crippen molar-refractivity contribution in [2.24, 2.45) is 0 Å². The number of H-pyrrole nitrogens is 1. The number of carbonyl (C=O) groups excluding carboxylic acids is 1. The number of nitrogens with zero attached hydrogens (tertiary/aromatic N) is 1. The van der Waals surface area contributed by atoms with Gasteiger partial charge in [-0.25, -0.2) is 4.39 Å². The van der Waals surface area contributed by atoms with E-state index in [0.717, 1.165) is 33.5 Å². The third kappa shape index (κ3) is 3.63. The summed E-state index contributed by atoms with van der Waals surface area (Å²) in [6, 6.07) is 17.0. The van der Waals surface area contributed by atoms with Crippen LogP contribution >= 0.6 is 0 Å².